The second-order valence-corrected chi connectivity index (χ2v) is 11.2. The number of aliphatic hydroxyl groups excluding tert-OH is 2. The first-order valence-corrected chi connectivity index (χ1v) is 13.2. The lowest BCUT2D eigenvalue weighted by Crippen LogP contribution is -2.58. The van der Waals surface area contributed by atoms with Crippen LogP contribution in [0.2, 0.25) is 5.02 Å². The molecule has 0 saturated heterocycles. The molecule has 1 amide bonds. The summed E-state index contributed by atoms with van der Waals surface area (Å²) in [5.41, 5.74) is 5.35. The second kappa shape index (κ2) is 8.94. The molecular formula is C29H27ClN2O7. The fourth-order valence-corrected chi connectivity index (χ4v) is 7.06. The fraction of sp³-hybridized carbons (Fsp3) is 0.345. The molecule has 1 heterocycles. The number of primary amides is 1. The first-order chi connectivity index (χ1) is 18.5. The van der Waals surface area contributed by atoms with Crippen LogP contribution >= 0.6 is 11.6 Å². The van der Waals surface area contributed by atoms with Gasteiger partial charge in [-0.25, -0.2) is 0 Å². The lowest BCUT2D eigenvalue weighted by Gasteiger charge is -2.46. The SMILES string of the molecule is NC(=O)C1=C(O)[C@@]2(O)C(=O)C3=C(O)c4c(O)cc(CN5CCc6ccccc6C5)c(Cl)c4C[C@H]3C[C@H]2CC1=O. The lowest BCUT2D eigenvalue weighted by atomic mass is 9.59. The monoisotopic (exact) mass is 550 g/mol. The van der Waals surface area contributed by atoms with Crippen LogP contribution in [-0.2, 0) is 40.3 Å². The number of ketones is 2. The van der Waals surface area contributed by atoms with Gasteiger partial charge in [-0.3, -0.25) is 19.3 Å². The molecule has 0 unspecified atom stereocenters. The van der Waals surface area contributed by atoms with E-state index in [0.717, 1.165) is 19.5 Å². The number of aromatic hydroxyl groups is 1. The zero-order valence-corrected chi connectivity index (χ0v) is 21.7. The Morgan fingerprint density at radius 1 is 1.13 bits per heavy atom. The van der Waals surface area contributed by atoms with Gasteiger partial charge in [0, 0.05) is 42.6 Å². The van der Waals surface area contributed by atoms with Crippen molar-refractivity contribution < 1.29 is 34.8 Å². The zero-order valence-electron chi connectivity index (χ0n) is 20.9. The second-order valence-electron chi connectivity index (χ2n) is 10.9. The summed E-state index contributed by atoms with van der Waals surface area (Å²) >= 11 is 6.86. The molecule has 0 spiro atoms. The minimum atomic E-state index is -2.58. The van der Waals surface area contributed by atoms with Crippen LogP contribution in [0.5, 0.6) is 5.75 Å². The average molecular weight is 551 g/mol. The van der Waals surface area contributed by atoms with Gasteiger partial charge in [0.25, 0.3) is 5.91 Å². The fourth-order valence-electron chi connectivity index (χ4n) is 6.77. The number of aliphatic hydroxyl groups is 3. The van der Waals surface area contributed by atoms with Gasteiger partial charge in [-0.05, 0) is 53.5 Å². The van der Waals surface area contributed by atoms with Crippen molar-refractivity contribution in [3.05, 3.63) is 80.1 Å². The third-order valence-corrected chi connectivity index (χ3v) is 9.15. The van der Waals surface area contributed by atoms with Gasteiger partial charge in [-0.1, -0.05) is 35.9 Å². The number of amides is 1. The van der Waals surface area contributed by atoms with Crippen molar-refractivity contribution in [3.63, 3.8) is 0 Å². The molecule has 3 atom stereocenters. The van der Waals surface area contributed by atoms with E-state index in [1.54, 1.807) is 0 Å². The number of hydrogen-bond acceptors (Lipinski definition) is 8. The van der Waals surface area contributed by atoms with Gasteiger partial charge in [0.2, 0.25) is 5.78 Å². The van der Waals surface area contributed by atoms with E-state index >= 15 is 0 Å². The van der Waals surface area contributed by atoms with Crippen LogP contribution in [0.15, 0.2) is 47.2 Å². The summed E-state index contributed by atoms with van der Waals surface area (Å²) in [6.45, 7) is 2.02. The number of phenols is 1. The van der Waals surface area contributed by atoms with Crippen molar-refractivity contribution >= 4 is 34.8 Å². The maximum absolute atomic E-state index is 13.6. The van der Waals surface area contributed by atoms with Crippen molar-refractivity contribution in [3.8, 4) is 5.75 Å². The number of fused-ring (bicyclic) bond motifs is 4. The number of phenolic OH excluding ortho intramolecular Hbond substituents is 1. The first kappa shape index (κ1) is 25.6. The smallest absolute Gasteiger partial charge is 0.255 e. The van der Waals surface area contributed by atoms with Gasteiger partial charge in [0.05, 0.1) is 5.56 Å². The summed E-state index contributed by atoms with van der Waals surface area (Å²) in [4.78, 5) is 40.1. The minimum Gasteiger partial charge on any atom is -0.508 e. The van der Waals surface area contributed by atoms with E-state index < -0.39 is 52.0 Å². The van der Waals surface area contributed by atoms with Gasteiger partial charge < -0.3 is 26.2 Å². The molecule has 39 heavy (non-hydrogen) atoms. The molecule has 1 saturated carbocycles. The summed E-state index contributed by atoms with van der Waals surface area (Å²) in [5.74, 6) is -6.57. The molecule has 4 aliphatic rings. The van der Waals surface area contributed by atoms with Crippen LogP contribution in [0.25, 0.3) is 5.76 Å². The Hall–Kier alpha value is -3.66. The molecule has 1 aliphatic heterocycles. The molecule has 10 heteroatoms. The molecule has 1 fully saturated rings. The lowest BCUT2D eigenvalue weighted by molar-refractivity contribution is -0.147. The summed E-state index contributed by atoms with van der Waals surface area (Å²) < 4.78 is 0. The number of carbonyl (C=O) groups is 3. The van der Waals surface area contributed by atoms with E-state index in [1.807, 2.05) is 12.1 Å². The molecule has 0 radical (unpaired) electrons. The average Bonchev–Trinajstić information content (AvgIpc) is 2.88. The topological polar surface area (TPSA) is 161 Å². The number of Topliss-reactive ketones (excluding diaryl/α,β-unsaturated/α-hetero) is 2. The molecule has 3 aliphatic carbocycles. The number of rotatable bonds is 3. The molecule has 0 aromatic heterocycles. The van der Waals surface area contributed by atoms with Crippen molar-refractivity contribution in [2.45, 2.75) is 44.4 Å². The highest BCUT2D eigenvalue weighted by atomic mass is 35.5. The highest BCUT2D eigenvalue weighted by molar-refractivity contribution is 6.32. The molecule has 6 N–H and O–H groups in total. The van der Waals surface area contributed by atoms with E-state index in [9.17, 15) is 34.8 Å². The van der Waals surface area contributed by atoms with Crippen LogP contribution in [0, 0.1) is 11.8 Å². The Balaban J connectivity index is 1.38. The molecule has 2 aromatic rings. The number of halogens is 1. The number of carbonyl (C=O) groups excluding carboxylic acids is 3. The summed E-state index contributed by atoms with van der Waals surface area (Å²) in [5, 5.41) is 44.6. The normalized spacial score (nSPS) is 26.6. The Bertz CT molecular complexity index is 1540. The Morgan fingerprint density at radius 3 is 2.56 bits per heavy atom. The first-order valence-electron chi connectivity index (χ1n) is 12.8. The van der Waals surface area contributed by atoms with Gasteiger partial charge in [-0.2, -0.15) is 0 Å². The number of benzene rings is 2. The third-order valence-electron chi connectivity index (χ3n) is 8.68. The van der Waals surface area contributed by atoms with Crippen molar-refractivity contribution in [1.29, 1.82) is 0 Å². The van der Waals surface area contributed by atoms with Gasteiger partial charge in [-0.15, -0.1) is 0 Å². The van der Waals surface area contributed by atoms with E-state index in [1.165, 1.54) is 17.2 Å². The van der Waals surface area contributed by atoms with Gasteiger partial charge in [0.15, 0.2) is 11.4 Å². The maximum Gasteiger partial charge on any atom is 0.255 e. The predicted octanol–water partition coefficient (Wildman–Crippen LogP) is 2.64. The van der Waals surface area contributed by atoms with E-state index in [2.05, 4.69) is 17.0 Å². The van der Waals surface area contributed by atoms with Crippen molar-refractivity contribution in [2.75, 3.05) is 6.54 Å². The summed E-state index contributed by atoms with van der Waals surface area (Å²) in [6, 6.07) is 9.71. The molecule has 0 bridgehead atoms. The minimum absolute atomic E-state index is 0.000121. The Morgan fingerprint density at radius 2 is 1.85 bits per heavy atom. The van der Waals surface area contributed by atoms with Crippen LogP contribution < -0.4 is 5.73 Å². The molecule has 2 aromatic carbocycles. The number of nitrogens with two attached hydrogens (primary N) is 1. The van der Waals surface area contributed by atoms with Crippen molar-refractivity contribution in [1.82, 2.24) is 4.90 Å². The van der Waals surface area contributed by atoms with Crippen molar-refractivity contribution in [2.24, 2.45) is 17.6 Å². The summed E-state index contributed by atoms with van der Waals surface area (Å²) in [6.07, 6.45) is 0.769. The zero-order chi connectivity index (χ0) is 27.8. The largest absolute Gasteiger partial charge is 0.508 e. The maximum atomic E-state index is 13.6. The molecular weight excluding hydrogens is 524 g/mol. The van der Waals surface area contributed by atoms with Gasteiger partial charge >= 0.3 is 0 Å². The van der Waals surface area contributed by atoms with Crippen LogP contribution in [-0.4, -0.2) is 54.9 Å². The van der Waals surface area contributed by atoms with Crippen LogP contribution in [0.1, 0.15) is 40.7 Å². The van der Waals surface area contributed by atoms with E-state index in [4.69, 9.17) is 17.3 Å². The van der Waals surface area contributed by atoms with Crippen LogP contribution in [0.4, 0.5) is 0 Å². The molecule has 9 nitrogen and oxygen atoms in total. The van der Waals surface area contributed by atoms with E-state index in [-0.39, 0.29) is 36.1 Å². The summed E-state index contributed by atoms with van der Waals surface area (Å²) in [7, 11) is 0. The molecule has 6 rings (SSSR count). The Kier molecular flexibility index (Phi) is 5.87. The van der Waals surface area contributed by atoms with Gasteiger partial charge in [0.1, 0.15) is 22.8 Å². The Labute approximate surface area is 228 Å². The molecule has 202 valence electrons. The standard InChI is InChI=1S/C29H27ClN2O7/c30-24-16(12-32-6-5-13-3-1-2-4-14(13)11-32)9-19(33)22-18(24)8-15-7-17-10-20(34)23(28(31)38)27(37)29(17,39)26(36)21(15)25(22)35/h1-4,9,15,17,33,35,37,39H,5-8,10-12H2,(H2,31,38)/t15-,17+,29+/m1/s1. The highest BCUT2D eigenvalue weighted by Gasteiger charge is 2.60. The third kappa shape index (κ3) is 3.71. The highest BCUT2D eigenvalue weighted by Crippen LogP contribution is 2.53. The number of hydrogen-bond donors (Lipinski definition) is 5. The predicted molar refractivity (Wildman–Crippen MR) is 141 cm³/mol. The quantitative estimate of drug-likeness (QED) is 0.364. The van der Waals surface area contributed by atoms with E-state index in [0.29, 0.717) is 22.7 Å². The van der Waals surface area contributed by atoms with Crippen LogP contribution in [0.3, 0.4) is 0 Å². The number of nitrogens with zero attached hydrogens (tertiary/aromatic N) is 1.